The number of methoxy groups -OCH3 is 1. The highest BCUT2D eigenvalue weighted by Gasteiger charge is 2.15. The van der Waals surface area contributed by atoms with Crippen LogP contribution in [0.25, 0.3) is 11.4 Å². The first-order valence-electron chi connectivity index (χ1n) is 9.23. The van der Waals surface area contributed by atoms with E-state index in [1.165, 1.54) is 0 Å². The number of benzene rings is 2. The van der Waals surface area contributed by atoms with E-state index in [9.17, 15) is 9.59 Å². The lowest BCUT2D eigenvalue weighted by Crippen LogP contribution is -2.30. The van der Waals surface area contributed by atoms with E-state index in [1.807, 2.05) is 19.1 Å². The summed E-state index contributed by atoms with van der Waals surface area (Å²) in [7, 11) is 1.54. The molecule has 3 rings (SSSR count). The molecule has 0 aliphatic rings. The molecule has 0 saturated carbocycles. The molecular formula is C21H21N3O6. The second-order valence-corrected chi connectivity index (χ2v) is 6.01. The second-order valence-electron chi connectivity index (χ2n) is 6.01. The van der Waals surface area contributed by atoms with Crippen LogP contribution in [0.2, 0.25) is 0 Å². The minimum absolute atomic E-state index is 0.127. The standard InChI is InChI=1S/C21H21N3O6/c1-3-28-15-10-8-14(9-11-15)21(26)22-12-19(25)29-13-18-23-20(24-30-18)16-6-4-5-7-17(16)27-2/h4-11H,3,12-13H2,1-2H3,(H,22,26). The zero-order chi connectivity index (χ0) is 21.3. The van der Waals surface area contributed by atoms with Crippen molar-refractivity contribution in [2.24, 2.45) is 0 Å². The van der Waals surface area contributed by atoms with Crippen LogP contribution in [0.5, 0.6) is 11.5 Å². The highest BCUT2D eigenvalue weighted by molar-refractivity contribution is 5.96. The number of carbonyl (C=O) groups excluding carboxylic acids is 2. The number of esters is 1. The zero-order valence-electron chi connectivity index (χ0n) is 16.6. The molecule has 1 aromatic heterocycles. The molecular weight excluding hydrogens is 390 g/mol. The van der Waals surface area contributed by atoms with Gasteiger partial charge in [-0.2, -0.15) is 4.98 Å². The molecule has 0 saturated heterocycles. The van der Waals surface area contributed by atoms with Gasteiger partial charge in [-0.3, -0.25) is 9.59 Å². The fourth-order valence-electron chi connectivity index (χ4n) is 2.57. The van der Waals surface area contributed by atoms with Crippen LogP contribution in [0.3, 0.4) is 0 Å². The molecule has 0 atom stereocenters. The van der Waals surface area contributed by atoms with Crippen molar-refractivity contribution in [3.8, 4) is 22.9 Å². The molecule has 1 N–H and O–H groups in total. The van der Waals surface area contributed by atoms with Crippen LogP contribution in [0.15, 0.2) is 53.1 Å². The third-order valence-electron chi connectivity index (χ3n) is 3.99. The maximum atomic E-state index is 12.1. The molecule has 3 aromatic rings. The molecule has 9 heteroatoms. The van der Waals surface area contributed by atoms with Crippen molar-refractivity contribution < 1.29 is 28.3 Å². The van der Waals surface area contributed by atoms with Gasteiger partial charge in [0.2, 0.25) is 5.82 Å². The predicted octanol–water partition coefficient (Wildman–Crippen LogP) is 2.62. The van der Waals surface area contributed by atoms with Gasteiger partial charge in [0.15, 0.2) is 6.61 Å². The first-order chi connectivity index (χ1) is 14.6. The summed E-state index contributed by atoms with van der Waals surface area (Å²) in [5.74, 6) is 0.682. The van der Waals surface area contributed by atoms with Gasteiger partial charge in [0.25, 0.3) is 11.8 Å². The monoisotopic (exact) mass is 411 g/mol. The minimum atomic E-state index is -0.633. The third-order valence-corrected chi connectivity index (χ3v) is 3.99. The summed E-state index contributed by atoms with van der Waals surface area (Å²) >= 11 is 0. The fourth-order valence-corrected chi connectivity index (χ4v) is 2.57. The second kappa shape index (κ2) is 10.1. The van der Waals surface area contributed by atoms with Crippen molar-refractivity contribution in [3.05, 3.63) is 60.0 Å². The van der Waals surface area contributed by atoms with Crippen molar-refractivity contribution >= 4 is 11.9 Å². The number of carbonyl (C=O) groups is 2. The lowest BCUT2D eigenvalue weighted by Gasteiger charge is -2.06. The molecule has 30 heavy (non-hydrogen) atoms. The number of aromatic nitrogens is 2. The van der Waals surface area contributed by atoms with Gasteiger partial charge in [-0.05, 0) is 43.3 Å². The molecule has 0 bridgehead atoms. The van der Waals surface area contributed by atoms with E-state index in [-0.39, 0.29) is 19.0 Å². The van der Waals surface area contributed by atoms with Crippen molar-refractivity contribution in [1.82, 2.24) is 15.5 Å². The molecule has 0 aliphatic carbocycles. The van der Waals surface area contributed by atoms with Crippen LogP contribution in [0.4, 0.5) is 0 Å². The maximum Gasteiger partial charge on any atom is 0.325 e. The van der Waals surface area contributed by atoms with E-state index in [2.05, 4.69) is 15.5 Å². The van der Waals surface area contributed by atoms with Crippen molar-refractivity contribution in [3.63, 3.8) is 0 Å². The zero-order valence-corrected chi connectivity index (χ0v) is 16.6. The van der Waals surface area contributed by atoms with Crippen LogP contribution in [-0.2, 0) is 16.1 Å². The minimum Gasteiger partial charge on any atom is -0.496 e. The fraction of sp³-hybridized carbons (Fsp3) is 0.238. The number of hydrogen-bond acceptors (Lipinski definition) is 8. The average Bonchev–Trinajstić information content (AvgIpc) is 3.25. The predicted molar refractivity (Wildman–Crippen MR) is 106 cm³/mol. The lowest BCUT2D eigenvalue weighted by atomic mass is 10.2. The van der Waals surface area contributed by atoms with Crippen molar-refractivity contribution in [1.29, 1.82) is 0 Å². The number of hydrogen-bond donors (Lipinski definition) is 1. The van der Waals surface area contributed by atoms with Gasteiger partial charge in [-0.15, -0.1) is 0 Å². The maximum absolute atomic E-state index is 12.1. The Bertz CT molecular complexity index is 1000. The SMILES string of the molecule is CCOc1ccc(C(=O)NCC(=O)OCc2nc(-c3ccccc3OC)no2)cc1. The number of nitrogens with one attached hydrogen (secondary N) is 1. The Labute approximate surface area is 172 Å². The van der Waals surface area contributed by atoms with Crippen LogP contribution >= 0.6 is 0 Å². The van der Waals surface area contributed by atoms with E-state index in [0.717, 1.165) is 0 Å². The van der Waals surface area contributed by atoms with Gasteiger partial charge in [-0.1, -0.05) is 17.3 Å². The Kier molecular flexibility index (Phi) is 6.99. The molecule has 2 aromatic carbocycles. The molecule has 1 amide bonds. The normalized spacial score (nSPS) is 10.3. The summed E-state index contributed by atoms with van der Waals surface area (Å²) in [6.07, 6.45) is 0. The van der Waals surface area contributed by atoms with E-state index < -0.39 is 11.9 Å². The van der Waals surface area contributed by atoms with Gasteiger partial charge in [0.1, 0.15) is 18.0 Å². The summed E-state index contributed by atoms with van der Waals surface area (Å²) in [6.45, 7) is 1.91. The smallest absolute Gasteiger partial charge is 0.325 e. The lowest BCUT2D eigenvalue weighted by molar-refractivity contribution is -0.144. The van der Waals surface area contributed by atoms with Crippen LogP contribution in [0.1, 0.15) is 23.2 Å². The number of ether oxygens (including phenoxy) is 3. The topological polar surface area (TPSA) is 113 Å². The number of para-hydroxylation sites is 1. The van der Waals surface area contributed by atoms with Crippen molar-refractivity contribution in [2.75, 3.05) is 20.3 Å². The van der Waals surface area contributed by atoms with Crippen LogP contribution < -0.4 is 14.8 Å². The Morgan fingerprint density at radius 1 is 1.10 bits per heavy atom. The van der Waals surface area contributed by atoms with E-state index >= 15 is 0 Å². The average molecular weight is 411 g/mol. The van der Waals surface area contributed by atoms with Gasteiger partial charge in [0, 0.05) is 5.56 Å². The molecule has 0 aliphatic heterocycles. The quantitative estimate of drug-likeness (QED) is 0.535. The van der Waals surface area contributed by atoms with Crippen LogP contribution in [0, 0.1) is 0 Å². The van der Waals surface area contributed by atoms with Gasteiger partial charge in [0.05, 0.1) is 19.3 Å². The van der Waals surface area contributed by atoms with Gasteiger partial charge in [-0.25, -0.2) is 0 Å². The third kappa shape index (κ3) is 5.34. The summed E-state index contributed by atoms with van der Waals surface area (Å²) in [6, 6.07) is 13.8. The highest BCUT2D eigenvalue weighted by atomic mass is 16.6. The Morgan fingerprint density at radius 3 is 2.60 bits per heavy atom. The largest absolute Gasteiger partial charge is 0.496 e. The van der Waals surface area contributed by atoms with Crippen molar-refractivity contribution in [2.45, 2.75) is 13.5 Å². The van der Waals surface area contributed by atoms with Gasteiger partial charge < -0.3 is 24.1 Å². The molecule has 156 valence electrons. The first-order valence-corrected chi connectivity index (χ1v) is 9.23. The Morgan fingerprint density at radius 2 is 1.87 bits per heavy atom. The summed E-state index contributed by atoms with van der Waals surface area (Å²) in [5.41, 5.74) is 1.06. The molecule has 0 unspecified atom stereocenters. The summed E-state index contributed by atoms with van der Waals surface area (Å²) < 4.78 is 20.8. The highest BCUT2D eigenvalue weighted by Crippen LogP contribution is 2.27. The Balaban J connectivity index is 1.48. The number of amides is 1. The van der Waals surface area contributed by atoms with E-state index in [4.69, 9.17) is 18.7 Å². The summed E-state index contributed by atoms with van der Waals surface area (Å²) in [5, 5.41) is 6.36. The molecule has 0 fully saturated rings. The number of rotatable bonds is 9. The van der Waals surface area contributed by atoms with Gasteiger partial charge >= 0.3 is 5.97 Å². The van der Waals surface area contributed by atoms with E-state index in [1.54, 1.807) is 43.5 Å². The summed E-state index contributed by atoms with van der Waals surface area (Å²) in [4.78, 5) is 28.2. The molecule has 0 spiro atoms. The van der Waals surface area contributed by atoms with Crippen LogP contribution in [-0.4, -0.2) is 42.3 Å². The molecule has 9 nitrogen and oxygen atoms in total. The first kappa shape index (κ1) is 20.8. The van der Waals surface area contributed by atoms with E-state index in [0.29, 0.717) is 35.1 Å². The molecule has 0 radical (unpaired) electrons. The Hall–Kier alpha value is -3.88. The number of nitrogens with zero attached hydrogens (tertiary/aromatic N) is 2. The molecule has 1 heterocycles.